The van der Waals surface area contributed by atoms with E-state index < -0.39 is 0 Å². The minimum absolute atomic E-state index is 0.0532. The van der Waals surface area contributed by atoms with E-state index in [0.29, 0.717) is 30.7 Å². The van der Waals surface area contributed by atoms with Crippen molar-refractivity contribution in [1.29, 1.82) is 0 Å². The van der Waals surface area contributed by atoms with Crippen molar-refractivity contribution in [3.63, 3.8) is 0 Å². The zero-order chi connectivity index (χ0) is 34.8. The van der Waals surface area contributed by atoms with Crippen LogP contribution in [0, 0.1) is 24.3 Å². The first-order valence-corrected chi connectivity index (χ1v) is 16.0. The number of hydrogen-bond acceptors (Lipinski definition) is 8. The Kier molecular flexibility index (Phi) is 72.1. The maximum atomic E-state index is 5.90. The molecule has 0 aliphatic carbocycles. The number of hydrogen-bond donors (Lipinski definition) is 6. The van der Waals surface area contributed by atoms with Crippen molar-refractivity contribution in [3.05, 3.63) is 48.2 Å². The van der Waals surface area contributed by atoms with Gasteiger partial charge >= 0.3 is 0 Å². The van der Waals surface area contributed by atoms with Crippen LogP contribution in [-0.2, 0) is 9.57 Å². The highest BCUT2D eigenvalue weighted by atomic mass is 16.6. The van der Waals surface area contributed by atoms with Gasteiger partial charge in [-0.2, -0.15) is 5.90 Å². The van der Waals surface area contributed by atoms with Crippen molar-refractivity contribution in [2.24, 2.45) is 34.9 Å². The van der Waals surface area contributed by atoms with Gasteiger partial charge in [-0.25, -0.2) is 0 Å². The topological polar surface area (TPSA) is 147 Å². The van der Waals surface area contributed by atoms with Gasteiger partial charge in [0.05, 0.1) is 13.2 Å². The van der Waals surface area contributed by atoms with E-state index in [1.54, 1.807) is 7.11 Å². The molecule has 0 aromatic heterocycles. The van der Waals surface area contributed by atoms with Crippen molar-refractivity contribution in [2.75, 3.05) is 26.8 Å². The fourth-order valence-corrected chi connectivity index (χ4v) is 2.84. The molecule has 8 heteroatoms. The maximum absolute atomic E-state index is 5.90. The zero-order valence-electron chi connectivity index (χ0n) is 30.4. The average molecular weight is 601 g/mol. The van der Waals surface area contributed by atoms with E-state index in [2.05, 4.69) is 61.9 Å². The van der Waals surface area contributed by atoms with Crippen LogP contribution in [0.15, 0.2) is 48.2 Å². The summed E-state index contributed by atoms with van der Waals surface area (Å²) in [5, 5.41) is 5.66. The lowest BCUT2D eigenvalue weighted by molar-refractivity contribution is 0.152. The van der Waals surface area contributed by atoms with Gasteiger partial charge in [0.25, 0.3) is 0 Å². The molecular weight excluding hydrogens is 524 g/mol. The van der Waals surface area contributed by atoms with Crippen molar-refractivity contribution in [1.82, 2.24) is 10.6 Å². The highest BCUT2D eigenvalue weighted by molar-refractivity contribution is 5.19. The standard InChI is InChI=1S/C15H24N4O.C9H21NO.C2H7N.4C2H6/c1-5-13(12(3)4)9-7-8-10-18-11-14(19-6-2)15(16)20-17;1-4-6-8(5-2)9(10)7-11-3;1-2-3;4*1-2/h2,5,8-10,12,18-19H,1,7,11,16-17H2,3-4H3;8-9H,4-7,10H2,1-3H3;2-3H2,1H3;4*1-2H3/b10-8+,13-9+,15-14+;;;;;;. The Morgan fingerprint density at radius 2 is 1.52 bits per heavy atom. The van der Waals surface area contributed by atoms with Crippen LogP contribution in [0.5, 0.6) is 0 Å². The molecule has 0 heterocycles. The van der Waals surface area contributed by atoms with Gasteiger partial charge in [-0.1, -0.05) is 134 Å². The Morgan fingerprint density at radius 3 is 1.86 bits per heavy atom. The van der Waals surface area contributed by atoms with E-state index in [9.17, 15) is 0 Å². The van der Waals surface area contributed by atoms with Gasteiger partial charge < -0.3 is 37.4 Å². The molecule has 0 aromatic carbocycles. The molecule has 2 atom stereocenters. The normalized spacial score (nSPS) is 11.4. The summed E-state index contributed by atoms with van der Waals surface area (Å²) in [5.74, 6) is 6.15. The number of methoxy groups -OCH3 is 1. The first kappa shape index (κ1) is 55.5. The van der Waals surface area contributed by atoms with Gasteiger partial charge in [-0.3, -0.25) is 0 Å². The van der Waals surface area contributed by atoms with Crippen molar-refractivity contribution in [2.45, 2.75) is 122 Å². The summed E-state index contributed by atoms with van der Waals surface area (Å²) >= 11 is 0. The third-order valence-electron chi connectivity index (χ3n) is 4.70. The Hall–Kier alpha value is -2.44. The number of ether oxygens (including phenoxy) is 1. The van der Waals surface area contributed by atoms with E-state index in [0.717, 1.165) is 13.0 Å². The van der Waals surface area contributed by atoms with Crippen LogP contribution in [0.25, 0.3) is 0 Å². The molecule has 0 radical (unpaired) electrons. The first-order valence-electron chi connectivity index (χ1n) is 16.0. The van der Waals surface area contributed by atoms with E-state index in [1.807, 2.05) is 80.7 Å². The summed E-state index contributed by atoms with van der Waals surface area (Å²) in [7, 11) is 1.71. The molecule has 0 spiro atoms. The Morgan fingerprint density at radius 1 is 1.02 bits per heavy atom. The van der Waals surface area contributed by atoms with Crippen molar-refractivity contribution >= 4 is 0 Å². The van der Waals surface area contributed by atoms with E-state index in [1.165, 1.54) is 24.8 Å². The fraction of sp³-hybridized carbons (Fsp3) is 0.706. The van der Waals surface area contributed by atoms with Gasteiger partial charge in [-0.05, 0) is 43.0 Å². The molecule has 0 saturated carbocycles. The predicted octanol–water partition coefficient (Wildman–Crippen LogP) is 7.30. The highest BCUT2D eigenvalue weighted by Gasteiger charge is 2.13. The van der Waals surface area contributed by atoms with Crippen LogP contribution in [0.3, 0.4) is 0 Å². The predicted molar refractivity (Wildman–Crippen MR) is 192 cm³/mol. The van der Waals surface area contributed by atoms with Crippen molar-refractivity contribution in [3.8, 4) is 12.5 Å². The molecule has 2 unspecified atom stereocenters. The second-order valence-electron chi connectivity index (χ2n) is 7.80. The Balaban J connectivity index is -0.0000000936. The van der Waals surface area contributed by atoms with Crippen LogP contribution in [0.2, 0.25) is 0 Å². The lowest BCUT2D eigenvalue weighted by Gasteiger charge is -2.20. The van der Waals surface area contributed by atoms with Gasteiger partial charge in [0.15, 0.2) is 0 Å². The molecule has 254 valence electrons. The number of allylic oxidation sites excluding steroid dienone is 4. The van der Waals surface area contributed by atoms with Crippen molar-refractivity contribution < 1.29 is 9.57 Å². The SMILES string of the molecule is C#CN/C(CN/C=C/C/C=C(\C=C)C(C)C)=C(\N)ON.CC.CC.CC.CC.CCCC(CC)C(N)COC.CCN. The molecule has 8 nitrogen and oxygen atoms in total. The molecule has 0 rings (SSSR count). The van der Waals surface area contributed by atoms with Gasteiger partial charge in [0, 0.05) is 19.2 Å². The van der Waals surface area contributed by atoms with Crippen LogP contribution in [0.1, 0.15) is 116 Å². The van der Waals surface area contributed by atoms with Crippen LogP contribution in [0.4, 0.5) is 0 Å². The minimum Gasteiger partial charge on any atom is -0.392 e. The molecular formula is C34H76N6O2. The second-order valence-corrected chi connectivity index (χ2v) is 7.80. The molecule has 0 aliphatic rings. The van der Waals surface area contributed by atoms with Gasteiger partial charge in [0.2, 0.25) is 5.88 Å². The fourth-order valence-electron chi connectivity index (χ4n) is 2.84. The third-order valence-corrected chi connectivity index (χ3v) is 4.70. The van der Waals surface area contributed by atoms with E-state index in [4.69, 9.17) is 34.3 Å². The summed E-state index contributed by atoms with van der Waals surface area (Å²) in [6.45, 7) is 32.2. The Labute approximate surface area is 264 Å². The summed E-state index contributed by atoms with van der Waals surface area (Å²) in [6, 6.07) is 2.49. The maximum Gasteiger partial charge on any atom is 0.231 e. The lowest BCUT2D eigenvalue weighted by atomic mass is 9.93. The molecule has 42 heavy (non-hydrogen) atoms. The second kappa shape index (κ2) is 54.6. The van der Waals surface area contributed by atoms with Crippen LogP contribution in [-0.4, -0.2) is 32.8 Å². The summed E-state index contributed by atoms with van der Waals surface area (Å²) in [5.41, 5.74) is 18.0. The number of terminal acetylenes is 1. The van der Waals surface area contributed by atoms with E-state index in [-0.39, 0.29) is 11.9 Å². The molecule has 0 saturated heterocycles. The summed E-state index contributed by atoms with van der Waals surface area (Å²) in [6.07, 6.45) is 17.4. The monoisotopic (exact) mass is 601 g/mol. The zero-order valence-corrected chi connectivity index (χ0v) is 30.4. The van der Waals surface area contributed by atoms with Gasteiger partial charge in [0.1, 0.15) is 5.70 Å². The number of nitrogens with two attached hydrogens (primary N) is 4. The van der Waals surface area contributed by atoms with Gasteiger partial charge in [-0.15, -0.1) is 0 Å². The molecule has 0 amide bonds. The molecule has 0 aliphatic heterocycles. The summed E-state index contributed by atoms with van der Waals surface area (Å²) < 4.78 is 5.01. The molecule has 0 bridgehead atoms. The first-order chi connectivity index (χ1) is 20.2. The van der Waals surface area contributed by atoms with E-state index >= 15 is 0 Å². The molecule has 0 fully saturated rings. The molecule has 0 aromatic rings. The van der Waals surface area contributed by atoms with Crippen LogP contribution >= 0.6 is 0 Å². The average Bonchev–Trinajstić information content (AvgIpc) is 3.03. The third kappa shape index (κ3) is 44.6. The molecule has 10 N–H and O–H groups in total. The Bertz CT molecular complexity index is 612. The highest BCUT2D eigenvalue weighted by Crippen LogP contribution is 2.14. The smallest absolute Gasteiger partial charge is 0.231 e. The quantitative estimate of drug-likeness (QED) is 0.0377. The minimum atomic E-state index is 0.0532. The lowest BCUT2D eigenvalue weighted by Crippen LogP contribution is -2.34. The largest absolute Gasteiger partial charge is 0.392 e. The van der Waals surface area contributed by atoms with Crippen LogP contribution < -0.4 is 33.7 Å². The number of rotatable bonds is 15. The number of nitrogens with one attached hydrogen (secondary N) is 2. The summed E-state index contributed by atoms with van der Waals surface area (Å²) in [4.78, 5) is 4.43.